The lowest BCUT2D eigenvalue weighted by Crippen LogP contribution is -2.48. The minimum Gasteiger partial charge on any atom is -0.481 e. The fraction of sp³-hybridized carbons (Fsp3) is 0.857. The number of aliphatic hydroxyl groups excluding tert-OH is 1. The van der Waals surface area contributed by atoms with Crippen LogP contribution in [0.1, 0.15) is 32.1 Å². The van der Waals surface area contributed by atoms with Crippen molar-refractivity contribution in [1.29, 1.82) is 0 Å². The van der Waals surface area contributed by atoms with Gasteiger partial charge in [-0.25, -0.2) is 0 Å². The van der Waals surface area contributed by atoms with Gasteiger partial charge >= 0.3 is 13.1 Å². The summed E-state index contributed by atoms with van der Waals surface area (Å²) in [5.74, 6) is -1.81. The van der Waals surface area contributed by atoms with Gasteiger partial charge < -0.3 is 41.7 Å². The third-order valence-corrected chi connectivity index (χ3v) is 3.78. The second kappa shape index (κ2) is 13.0. The highest BCUT2D eigenvalue weighted by Gasteiger charge is 2.25. The van der Waals surface area contributed by atoms with E-state index in [9.17, 15) is 9.59 Å². The van der Waals surface area contributed by atoms with E-state index in [-0.39, 0.29) is 51.1 Å². The highest BCUT2D eigenvalue weighted by Crippen LogP contribution is 2.16. The highest BCUT2D eigenvalue weighted by molar-refractivity contribution is 6.40. The Hall–Kier alpha value is -1.24. The molecule has 0 aliphatic carbocycles. The summed E-state index contributed by atoms with van der Waals surface area (Å²) in [6.07, 6.45) is -0.749. The molecule has 0 aromatic heterocycles. The van der Waals surface area contributed by atoms with Crippen molar-refractivity contribution >= 4 is 19.0 Å². The lowest BCUT2D eigenvalue weighted by atomic mass is 9.81. The Kier molecular flexibility index (Phi) is 12.4. The Morgan fingerprint density at radius 2 is 1.76 bits per heavy atom. The topological polar surface area (TPSA) is 191 Å². The molecule has 2 atom stereocenters. The van der Waals surface area contributed by atoms with Gasteiger partial charge in [0.25, 0.3) is 0 Å². The van der Waals surface area contributed by atoms with E-state index in [0.717, 1.165) is 0 Å². The van der Waals surface area contributed by atoms with Gasteiger partial charge in [0.2, 0.25) is 5.91 Å². The van der Waals surface area contributed by atoms with E-state index in [2.05, 4.69) is 0 Å². The number of carboxylic acids is 1. The third kappa shape index (κ3) is 11.9. The first-order valence-corrected chi connectivity index (χ1v) is 8.35. The monoisotopic (exact) mass is 363 g/mol. The number of rotatable bonds is 14. The SMILES string of the molecule is NCCN(CC(CCCB(O)O)CC(=O)O)C(=O)[C@@H](N)CCC(O)O. The van der Waals surface area contributed by atoms with Crippen molar-refractivity contribution in [3.05, 3.63) is 0 Å². The molecule has 0 aliphatic rings. The van der Waals surface area contributed by atoms with Crippen LogP contribution in [0, 0.1) is 5.92 Å². The largest absolute Gasteiger partial charge is 0.481 e. The fourth-order valence-electron chi connectivity index (χ4n) is 2.54. The zero-order valence-corrected chi connectivity index (χ0v) is 14.3. The molecular formula is C14H30BN3O7. The molecule has 0 spiro atoms. The van der Waals surface area contributed by atoms with Crippen LogP contribution in [0.25, 0.3) is 0 Å². The maximum Gasteiger partial charge on any atom is 0.451 e. The molecule has 146 valence electrons. The van der Waals surface area contributed by atoms with Crippen LogP contribution in [0.2, 0.25) is 6.32 Å². The van der Waals surface area contributed by atoms with Gasteiger partial charge in [0.15, 0.2) is 6.29 Å². The van der Waals surface area contributed by atoms with Gasteiger partial charge in [-0.3, -0.25) is 9.59 Å². The van der Waals surface area contributed by atoms with E-state index >= 15 is 0 Å². The van der Waals surface area contributed by atoms with Crippen LogP contribution in [-0.2, 0) is 9.59 Å². The number of aliphatic carboxylic acids is 1. The fourth-order valence-corrected chi connectivity index (χ4v) is 2.54. The number of hydrogen-bond donors (Lipinski definition) is 7. The summed E-state index contributed by atoms with van der Waals surface area (Å²) in [6, 6.07) is -0.932. The Morgan fingerprint density at radius 3 is 2.24 bits per heavy atom. The number of carbonyl (C=O) groups excluding carboxylic acids is 1. The number of nitrogens with zero attached hydrogens (tertiary/aromatic N) is 1. The predicted octanol–water partition coefficient (Wildman–Crippen LogP) is -2.46. The van der Waals surface area contributed by atoms with Crippen molar-refractivity contribution in [2.75, 3.05) is 19.6 Å². The lowest BCUT2D eigenvalue weighted by molar-refractivity contribution is -0.140. The number of amides is 1. The van der Waals surface area contributed by atoms with Gasteiger partial charge in [0.1, 0.15) is 0 Å². The Balaban J connectivity index is 4.80. The minimum absolute atomic E-state index is 0.0453. The number of nitrogens with two attached hydrogens (primary N) is 2. The van der Waals surface area contributed by atoms with E-state index in [4.69, 9.17) is 36.8 Å². The summed E-state index contributed by atoms with van der Waals surface area (Å²) in [5.41, 5.74) is 11.3. The number of carboxylic acid groups (broad SMARTS) is 1. The van der Waals surface area contributed by atoms with Crippen LogP contribution in [0.5, 0.6) is 0 Å². The van der Waals surface area contributed by atoms with E-state index in [1.54, 1.807) is 0 Å². The van der Waals surface area contributed by atoms with Gasteiger partial charge in [0, 0.05) is 26.1 Å². The first-order chi connectivity index (χ1) is 11.7. The molecule has 0 bridgehead atoms. The van der Waals surface area contributed by atoms with E-state index < -0.39 is 31.3 Å². The minimum atomic E-state index is -1.55. The lowest BCUT2D eigenvalue weighted by Gasteiger charge is -2.29. The molecule has 25 heavy (non-hydrogen) atoms. The molecule has 9 N–H and O–H groups in total. The average Bonchev–Trinajstić information content (AvgIpc) is 2.50. The maximum absolute atomic E-state index is 12.4. The molecule has 0 fully saturated rings. The summed E-state index contributed by atoms with van der Waals surface area (Å²) >= 11 is 0. The summed E-state index contributed by atoms with van der Waals surface area (Å²) < 4.78 is 0. The molecule has 0 aromatic carbocycles. The Morgan fingerprint density at radius 1 is 1.12 bits per heavy atom. The number of aliphatic hydroxyl groups is 2. The second-order valence-electron chi connectivity index (χ2n) is 6.11. The molecule has 0 aromatic rings. The molecule has 0 heterocycles. The van der Waals surface area contributed by atoms with Crippen LogP contribution < -0.4 is 11.5 Å². The zero-order valence-electron chi connectivity index (χ0n) is 14.3. The quantitative estimate of drug-likeness (QED) is 0.129. The van der Waals surface area contributed by atoms with Crippen LogP contribution in [0.4, 0.5) is 0 Å². The number of carbonyl (C=O) groups is 2. The Labute approximate surface area is 147 Å². The molecule has 11 heteroatoms. The van der Waals surface area contributed by atoms with Gasteiger partial charge in [-0.05, 0) is 31.5 Å². The van der Waals surface area contributed by atoms with Crippen molar-refractivity contribution in [2.24, 2.45) is 17.4 Å². The van der Waals surface area contributed by atoms with E-state index in [1.807, 2.05) is 0 Å². The van der Waals surface area contributed by atoms with Crippen molar-refractivity contribution in [3.63, 3.8) is 0 Å². The van der Waals surface area contributed by atoms with Crippen molar-refractivity contribution in [1.82, 2.24) is 4.90 Å². The molecule has 0 aliphatic heterocycles. The molecule has 1 unspecified atom stereocenters. The summed E-state index contributed by atoms with van der Waals surface area (Å²) in [5, 5.41) is 44.5. The highest BCUT2D eigenvalue weighted by atomic mass is 16.5. The molecule has 0 saturated carbocycles. The first kappa shape index (κ1) is 23.8. The smallest absolute Gasteiger partial charge is 0.451 e. The summed E-state index contributed by atoms with van der Waals surface area (Å²) in [4.78, 5) is 24.8. The summed E-state index contributed by atoms with van der Waals surface area (Å²) in [6.45, 7) is 0.516. The molecule has 1 amide bonds. The number of hydrogen-bond acceptors (Lipinski definition) is 8. The van der Waals surface area contributed by atoms with Gasteiger partial charge in [0.05, 0.1) is 6.04 Å². The van der Waals surface area contributed by atoms with E-state index in [0.29, 0.717) is 12.8 Å². The predicted molar refractivity (Wildman–Crippen MR) is 91.0 cm³/mol. The van der Waals surface area contributed by atoms with Crippen molar-refractivity contribution < 1.29 is 35.0 Å². The average molecular weight is 363 g/mol. The van der Waals surface area contributed by atoms with Crippen molar-refractivity contribution in [3.8, 4) is 0 Å². The molecular weight excluding hydrogens is 333 g/mol. The van der Waals surface area contributed by atoms with Gasteiger partial charge in [-0.1, -0.05) is 6.42 Å². The van der Waals surface area contributed by atoms with Gasteiger partial charge in [-0.2, -0.15) is 0 Å². The van der Waals surface area contributed by atoms with Crippen molar-refractivity contribution in [2.45, 2.75) is 50.8 Å². The normalized spacial score (nSPS) is 13.6. The molecule has 0 saturated heterocycles. The van der Waals surface area contributed by atoms with Gasteiger partial charge in [-0.15, -0.1) is 0 Å². The Bertz CT molecular complexity index is 399. The van der Waals surface area contributed by atoms with Crippen LogP contribution in [0.3, 0.4) is 0 Å². The van der Waals surface area contributed by atoms with E-state index in [1.165, 1.54) is 4.90 Å². The maximum atomic E-state index is 12.4. The molecule has 0 rings (SSSR count). The first-order valence-electron chi connectivity index (χ1n) is 8.35. The second-order valence-corrected chi connectivity index (χ2v) is 6.11. The molecule has 0 radical (unpaired) electrons. The summed E-state index contributed by atoms with van der Waals surface area (Å²) in [7, 11) is -1.45. The van der Waals surface area contributed by atoms with Crippen LogP contribution >= 0.6 is 0 Å². The van der Waals surface area contributed by atoms with Crippen LogP contribution in [-0.4, -0.2) is 81.2 Å². The van der Waals surface area contributed by atoms with Crippen LogP contribution in [0.15, 0.2) is 0 Å². The third-order valence-electron chi connectivity index (χ3n) is 3.78. The zero-order chi connectivity index (χ0) is 19.4. The standard InChI is InChI=1S/C14H30BN3O7/c16-6-7-18(14(23)11(17)3-4-12(19)20)9-10(8-13(21)22)2-1-5-15(24)25/h10-12,19-20,24-25H,1-9,16-17H2,(H,21,22)/t10?,11-/m0/s1. The molecule has 10 nitrogen and oxygen atoms in total.